The molecule has 2 heterocycles. The van der Waals surface area contributed by atoms with Gasteiger partial charge in [0, 0.05) is 0 Å². The average Bonchev–Trinajstić information content (AvgIpc) is 2.72. The number of hydrogen-bond acceptors (Lipinski definition) is 8. The Kier molecular flexibility index (Phi) is 3.93. The molecule has 0 radical (unpaired) electrons. The third-order valence-corrected chi connectivity index (χ3v) is 2.97. The summed E-state index contributed by atoms with van der Waals surface area (Å²) in [5.74, 6) is 0.264. The normalized spacial score (nSPS) is 13.9. The molecule has 0 aliphatic rings. The van der Waals surface area contributed by atoms with E-state index in [4.69, 9.17) is 10.5 Å². The van der Waals surface area contributed by atoms with Crippen LogP contribution in [0.3, 0.4) is 0 Å². The number of imidazole rings is 1. The fourth-order valence-electron chi connectivity index (χ4n) is 1.61. The molecule has 19 heavy (non-hydrogen) atoms. The molecule has 0 spiro atoms. The lowest BCUT2D eigenvalue weighted by Crippen LogP contribution is -2.36. The van der Waals surface area contributed by atoms with Gasteiger partial charge in [0.05, 0.1) is 19.0 Å². The van der Waals surface area contributed by atoms with Crippen molar-refractivity contribution in [3.8, 4) is 0 Å². The van der Waals surface area contributed by atoms with Crippen LogP contribution in [0.25, 0.3) is 11.2 Å². The van der Waals surface area contributed by atoms with Gasteiger partial charge >= 0.3 is 0 Å². The SMILES string of the molecule is C[C@@H](COC[P+]([O-])([O-])[O-])n1cnc2c(N)ncnc21. The zero-order valence-electron chi connectivity index (χ0n) is 10.1. The monoisotopic (exact) mass is 285 g/mol. The quantitative estimate of drug-likeness (QED) is 0.607. The van der Waals surface area contributed by atoms with Crippen molar-refractivity contribution in [2.75, 3.05) is 18.7 Å². The van der Waals surface area contributed by atoms with Crippen molar-refractivity contribution >= 4 is 24.9 Å². The topological polar surface area (TPSA) is 148 Å². The highest BCUT2D eigenvalue weighted by Gasteiger charge is 2.13. The van der Waals surface area contributed by atoms with E-state index in [2.05, 4.69) is 15.0 Å². The van der Waals surface area contributed by atoms with Crippen LogP contribution in [0, 0.1) is 0 Å². The molecule has 2 aromatic rings. The average molecular weight is 285 g/mol. The Balaban J connectivity index is 2.09. The zero-order chi connectivity index (χ0) is 14.0. The molecule has 2 N–H and O–H groups in total. The van der Waals surface area contributed by atoms with Crippen LogP contribution in [0.15, 0.2) is 12.7 Å². The van der Waals surface area contributed by atoms with Crippen LogP contribution >= 0.6 is 7.94 Å². The number of ether oxygens (including phenoxy) is 1. The minimum absolute atomic E-state index is 0.0455. The molecule has 2 aromatic heterocycles. The highest BCUT2D eigenvalue weighted by molar-refractivity contribution is 7.53. The number of nitrogen functional groups attached to an aromatic ring is 1. The molecule has 0 aromatic carbocycles. The van der Waals surface area contributed by atoms with Crippen molar-refractivity contribution in [2.45, 2.75) is 13.0 Å². The van der Waals surface area contributed by atoms with Gasteiger partial charge in [-0.1, -0.05) is 0 Å². The summed E-state index contributed by atoms with van der Waals surface area (Å²) < 4.78 is 6.53. The standard InChI is InChI=1S/C9H14N5O4P/c1-6(2-18-5-19(15,16)17)14-4-13-7-8(10)11-3-12-9(7)14/h3-4,6H,2,5H2,1H3,(H2,10,11,12)(H2,15,16,17)/p-2/t6-/m0/s1. The molecule has 1 atom stereocenters. The summed E-state index contributed by atoms with van der Waals surface area (Å²) in [5.41, 5.74) is 6.64. The molecule has 0 aliphatic heterocycles. The predicted molar refractivity (Wildman–Crippen MR) is 62.2 cm³/mol. The molecule has 2 rings (SSSR count). The first-order valence-corrected chi connectivity index (χ1v) is 7.13. The second-order valence-corrected chi connectivity index (χ2v) is 5.52. The largest absolute Gasteiger partial charge is 0.686 e. The molecule has 0 fully saturated rings. The molecule has 9 nitrogen and oxygen atoms in total. The van der Waals surface area contributed by atoms with Crippen LogP contribution in [0.4, 0.5) is 5.82 Å². The van der Waals surface area contributed by atoms with Gasteiger partial charge < -0.3 is 29.7 Å². The summed E-state index contributed by atoms with van der Waals surface area (Å²) in [4.78, 5) is 43.3. The van der Waals surface area contributed by atoms with Crippen molar-refractivity contribution in [3.05, 3.63) is 12.7 Å². The maximum absolute atomic E-state index is 10.4. The molecule has 0 aliphatic carbocycles. The maximum atomic E-state index is 10.4. The third-order valence-electron chi connectivity index (χ3n) is 2.47. The van der Waals surface area contributed by atoms with E-state index in [0.717, 1.165) is 0 Å². The minimum Gasteiger partial charge on any atom is -0.686 e. The highest BCUT2D eigenvalue weighted by Crippen LogP contribution is 2.27. The summed E-state index contributed by atoms with van der Waals surface area (Å²) in [6.07, 6.45) is 1.99. The minimum atomic E-state index is -4.65. The van der Waals surface area contributed by atoms with Gasteiger partial charge in [-0.3, -0.25) is 0 Å². The molecule has 0 unspecified atom stereocenters. The predicted octanol–water partition coefficient (Wildman–Crippen LogP) is -2.21. The van der Waals surface area contributed by atoms with Crippen LogP contribution in [0.5, 0.6) is 0 Å². The Labute approximate surface area is 109 Å². The second kappa shape index (κ2) is 5.32. The molecule has 0 amide bonds. The molecular formula is C9H12N5O4P-2. The molecular weight excluding hydrogens is 273 g/mol. The molecule has 0 saturated carbocycles. The van der Waals surface area contributed by atoms with Gasteiger partial charge in [0.2, 0.25) is 0 Å². The van der Waals surface area contributed by atoms with E-state index >= 15 is 0 Å². The molecule has 0 bridgehead atoms. The van der Waals surface area contributed by atoms with Crippen LogP contribution in [-0.2, 0) is 4.74 Å². The summed E-state index contributed by atoms with van der Waals surface area (Å²) in [6, 6.07) is -0.245. The van der Waals surface area contributed by atoms with Crippen LogP contribution in [0.2, 0.25) is 0 Å². The van der Waals surface area contributed by atoms with Crippen LogP contribution < -0.4 is 20.4 Å². The van der Waals surface area contributed by atoms with Crippen molar-refractivity contribution in [1.29, 1.82) is 0 Å². The van der Waals surface area contributed by atoms with E-state index in [-0.39, 0.29) is 18.5 Å². The lowest BCUT2D eigenvalue weighted by atomic mass is 10.3. The number of hydrogen-bond donors (Lipinski definition) is 1. The Morgan fingerprint density at radius 1 is 1.37 bits per heavy atom. The maximum Gasteiger partial charge on any atom is 0.165 e. The first-order valence-electron chi connectivity index (χ1n) is 5.40. The van der Waals surface area contributed by atoms with Crippen molar-refractivity contribution < 1.29 is 19.4 Å². The third kappa shape index (κ3) is 3.34. The van der Waals surface area contributed by atoms with Crippen LogP contribution in [-0.4, -0.2) is 32.5 Å². The van der Waals surface area contributed by atoms with Gasteiger partial charge in [0.15, 0.2) is 11.5 Å². The fourth-order valence-corrected chi connectivity index (χ4v) is 1.94. The molecule has 104 valence electrons. The van der Waals surface area contributed by atoms with E-state index < -0.39 is 14.3 Å². The Morgan fingerprint density at radius 2 is 2.11 bits per heavy atom. The van der Waals surface area contributed by atoms with Gasteiger partial charge in [-0.15, -0.1) is 7.94 Å². The summed E-state index contributed by atoms with van der Waals surface area (Å²) in [5, 5.41) is 0. The number of aromatic nitrogens is 4. The van der Waals surface area contributed by atoms with Gasteiger partial charge in [-0.05, 0) is 6.92 Å². The first kappa shape index (κ1) is 14.0. The highest BCUT2D eigenvalue weighted by atomic mass is 31.2. The fraction of sp³-hybridized carbons (Fsp3) is 0.444. The van der Waals surface area contributed by atoms with E-state index in [1.54, 1.807) is 11.5 Å². The van der Waals surface area contributed by atoms with E-state index in [1.807, 2.05) is 0 Å². The van der Waals surface area contributed by atoms with Crippen molar-refractivity contribution in [2.24, 2.45) is 0 Å². The summed E-state index contributed by atoms with van der Waals surface area (Å²) in [6.45, 7) is 1.82. The van der Waals surface area contributed by atoms with Crippen LogP contribution in [0.1, 0.15) is 13.0 Å². The Hall–Kier alpha value is -1.38. The lowest BCUT2D eigenvalue weighted by molar-refractivity contribution is -0.431. The number of nitrogens with two attached hydrogens (primary N) is 1. The van der Waals surface area contributed by atoms with Gasteiger partial charge in [0.1, 0.15) is 18.2 Å². The van der Waals surface area contributed by atoms with E-state index in [0.29, 0.717) is 11.2 Å². The first-order chi connectivity index (χ1) is 8.88. The zero-order valence-corrected chi connectivity index (χ0v) is 11.0. The van der Waals surface area contributed by atoms with Crippen molar-refractivity contribution in [3.63, 3.8) is 0 Å². The lowest BCUT2D eigenvalue weighted by Gasteiger charge is -2.41. The van der Waals surface area contributed by atoms with Gasteiger partial charge in [0.25, 0.3) is 0 Å². The number of fused-ring (bicyclic) bond motifs is 1. The smallest absolute Gasteiger partial charge is 0.165 e. The van der Waals surface area contributed by atoms with Gasteiger partial charge in [-0.25, -0.2) is 15.0 Å². The van der Waals surface area contributed by atoms with E-state index in [1.165, 1.54) is 12.7 Å². The molecule has 10 heteroatoms. The van der Waals surface area contributed by atoms with Gasteiger partial charge in [-0.2, -0.15) is 0 Å². The second-order valence-electron chi connectivity index (χ2n) is 4.04. The van der Waals surface area contributed by atoms with E-state index in [9.17, 15) is 14.7 Å². The number of anilines is 1. The summed E-state index contributed by atoms with van der Waals surface area (Å²) in [7, 11) is -4.65. The Morgan fingerprint density at radius 3 is 2.79 bits per heavy atom. The number of nitrogens with zero attached hydrogens (tertiary/aromatic N) is 4. The Bertz CT molecular complexity index is 569. The van der Waals surface area contributed by atoms with Crippen molar-refractivity contribution in [1.82, 2.24) is 19.5 Å². The molecule has 0 saturated heterocycles. The number of rotatable bonds is 5. The summed E-state index contributed by atoms with van der Waals surface area (Å²) >= 11 is 0.